The van der Waals surface area contributed by atoms with Gasteiger partial charge in [-0.1, -0.05) is 0 Å². The predicted molar refractivity (Wildman–Crippen MR) is 66.5 cm³/mol. The van der Waals surface area contributed by atoms with Crippen LogP contribution in [-0.2, 0) is 4.79 Å². The van der Waals surface area contributed by atoms with Gasteiger partial charge in [0, 0.05) is 24.1 Å². The van der Waals surface area contributed by atoms with Gasteiger partial charge in [-0.05, 0) is 37.5 Å². The van der Waals surface area contributed by atoms with Crippen LogP contribution in [0.2, 0.25) is 0 Å². The summed E-state index contributed by atoms with van der Waals surface area (Å²) in [6, 6.07) is 0.556. The largest absolute Gasteiger partial charge is 0.351 e. The number of carbonyl (C=O) groups is 1. The van der Waals surface area contributed by atoms with Crippen LogP contribution >= 0.6 is 11.8 Å². The summed E-state index contributed by atoms with van der Waals surface area (Å²) >= 11 is 1.88. The summed E-state index contributed by atoms with van der Waals surface area (Å²) in [5.41, 5.74) is 0. The zero-order valence-electron chi connectivity index (χ0n) is 9.58. The number of thioether (sulfide) groups is 1. The van der Waals surface area contributed by atoms with E-state index >= 15 is 0 Å². The fourth-order valence-corrected chi connectivity index (χ4v) is 3.46. The first-order valence-corrected chi connectivity index (χ1v) is 7.61. The molecule has 3 nitrogen and oxygen atoms in total. The van der Waals surface area contributed by atoms with Crippen LogP contribution in [0.1, 0.15) is 25.7 Å². The van der Waals surface area contributed by atoms with E-state index in [2.05, 4.69) is 10.6 Å². The number of amides is 1. The van der Waals surface area contributed by atoms with Crippen molar-refractivity contribution in [3.63, 3.8) is 0 Å². The molecule has 1 heterocycles. The Labute approximate surface area is 101 Å². The maximum atomic E-state index is 12.1. The molecule has 0 radical (unpaired) electrons. The van der Waals surface area contributed by atoms with Crippen molar-refractivity contribution in [1.29, 1.82) is 0 Å². The van der Waals surface area contributed by atoms with Crippen LogP contribution in [0.4, 0.5) is 0 Å². The van der Waals surface area contributed by atoms with E-state index in [0.717, 1.165) is 29.9 Å². The highest BCUT2D eigenvalue weighted by Gasteiger charge is 2.42. The molecule has 1 atom stereocenters. The second kappa shape index (κ2) is 4.57. The molecule has 16 heavy (non-hydrogen) atoms. The lowest BCUT2D eigenvalue weighted by Crippen LogP contribution is -2.52. The fraction of sp³-hybridized carbons (Fsp3) is 0.917. The summed E-state index contributed by atoms with van der Waals surface area (Å²) in [6.45, 7) is 0.972. The number of hydrogen-bond acceptors (Lipinski definition) is 3. The third kappa shape index (κ3) is 2.54. The van der Waals surface area contributed by atoms with Crippen molar-refractivity contribution in [1.82, 2.24) is 10.6 Å². The van der Waals surface area contributed by atoms with Gasteiger partial charge in [0.25, 0.3) is 0 Å². The first kappa shape index (κ1) is 10.9. The molecule has 0 aromatic carbocycles. The predicted octanol–water partition coefficient (Wildman–Crippen LogP) is 0.996. The molecule has 1 unspecified atom stereocenters. The summed E-state index contributed by atoms with van der Waals surface area (Å²) in [6.07, 6.45) is 5.31. The summed E-state index contributed by atoms with van der Waals surface area (Å²) in [5.74, 6) is 3.92. The molecular formula is C12H20N2OS. The molecule has 0 aromatic heterocycles. The molecule has 2 saturated carbocycles. The van der Waals surface area contributed by atoms with E-state index in [0.29, 0.717) is 6.04 Å². The van der Waals surface area contributed by atoms with E-state index in [4.69, 9.17) is 0 Å². The Balaban J connectivity index is 1.53. The molecule has 1 saturated heterocycles. The topological polar surface area (TPSA) is 41.1 Å². The Kier molecular flexibility index (Phi) is 3.11. The first-order valence-electron chi connectivity index (χ1n) is 6.46. The van der Waals surface area contributed by atoms with E-state index in [1.807, 2.05) is 11.8 Å². The molecule has 0 spiro atoms. The Hall–Kier alpha value is -0.220. The number of rotatable bonds is 4. The number of hydrogen-bond donors (Lipinski definition) is 2. The minimum Gasteiger partial charge on any atom is -0.351 e. The van der Waals surface area contributed by atoms with Gasteiger partial charge in [0.2, 0.25) is 5.91 Å². The van der Waals surface area contributed by atoms with Crippen molar-refractivity contribution in [2.45, 2.75) is 37.8 Å². The summed E-state index contributed by atoms with van der Waals surface area (Å²) in [7, 11) is 0. The molecule has 2 N–H and O–H groups in total. The van der Waals surface area contributed by atoms with E-state index in [9.17, 15) is 4.79 Å². The van der Waals surface area contributed by atoms with E-state index in [1.54, 1.807) is 0 Å². The van der Waals surface area contributed by atoms with Gasteiger partial charge in [-0.15, -0.1) is 0 Å². The highest BCUT2D eigenvalue weighted by molar-refractivity contribution is 7.99. The lowest BCUT2D eigenvalue weighted by molar-refractivity contribution is -0.123. The van der Waals surface area contributed by atoms with Crippen molar-refractivity contribution in [3.8, 4) is 0 Å². The Morgan fingerprint density at radius 1 is 1.25 bits per heavy atom. The zero-order valence-corrected chi connectivity index (χ0v) is 10.4. The molecule has 3 aliphatic rings. The van der Waals surface area contributed by atoms with Gasteiger partial charge in [-0.2, -0.15) is 11.8 Å². The summed E-state index contributed by atoms with van der Waals surface area (Å²) < 4.78 is 0. The maximum Gasteiger partial charge on any atom is 0.238 e. The third-order valence-electron chi connectivity index (χ3n) is 3.81. The monoisotopic (exact) mass is 240 g/mol. The summed E-state index contributed by atoms with van der Waals surface area (Å²) in [5, 5.41) is 6.61. The van der Waals surface area contributed by atoms with Crippen LogP contribution in [0.5, 0.6) is 0 Å². The van der Waals surface area contributed by atoms with Gasteiger partial charge in [0.15, 0.2) is 0 Å². The molecular weight excluding hydrogens is 220 g/mol. The minimum atomic E-state index is 0.0544. The average molecular weight is 240 g/mol. The molecule has 3 rings (SSSR count). The highest BCUT2D eigenvalue weighted by atomic mass is 32.2. The maximum absolute atomic E-state index is 12.1. The van der Waals surface area contributed by atoms with Crippen LogP contribution < -0.4 is 10.6 Å². The van der Waals surface area contributed by atoms with E-state index in [-0.39, 0.29) is 11.9 Å². The Bertz CT molecular complexity index is 258. The molecule has 0 bridgehead atoms. The highest BCUT2D eigenvalue weighted by Crippen LogP contribution is 2.44. The standard InChI is InChI=1S/C12H20N2OS/c15-12(10-7-16-6-5-13-10)14-11(8-1-2-8)9-3-4-9/h8-11,13H,1-7H2,(H,14,15). The molecule has 1 amide bonds. The van der Waals surface area contributed by atoms with Crippen molar-refractivity contribution in [2.24, 2.45) is 11.8 Å². The van der Waals surface area contributed by atoms with Gasteiger partial charge >= 0.3 is 0 Å². The normalized spacial score (nSPS) is 30.4. The number of carbonyl (C=O) groups excluding carboxylic acids is 1. The van der Waals surface area contributed by atoms with Gasteiger partial charge in [0.1, 0.15) is 0 Å². The second-order valence-corrected chi connectivity index (χ2v) is 6.44. The molecule has 0 aromatic rings. The fourth-order valence-electron chi connectivity index (χ4n) is 2.53. The van der Waals surface area contributed by atoms with Gasteiger partial charge in [-0.25, -0.2) is 0 Å². The second-order valence-electron chi connectivity index (χ2n) is 5.29. The Morgan fingerprint density at radius 2 is 1.94 bits per heavy atom. The molecule has 90 valence electrons. The van der Waals surface area contributed by atoms with Gasteiger partial charge < -0.3 is 10.6 Å². The van der Waals surface area contributed by atoms with Gasteiger partial charge in [-0.3, -0.25) is 4.79 Å². The molecule has 2 aliphatic carbocycles. The van der Waals surface area contributed by atoms with E-state index in [1.165, 1.54) is 25.7 Å². The van der Waals surface area contributed by atoms with Crippen molar-refractivity contribution in [3.05, 3.63) is 0 Å². The van der Waals surface area contributed by atoms with Crippen LogP contribution in [0.25, 0.3) is 0 Å². The molecule has 1 aliphatic heterocycles. The molecule has 4 heteroatoms. The molecule has 3 fully saturated rings. The summed E-state index contributed by atoms with van der Waals surface area (Å²) in [4.78, 5) is 12.1. The van der Waals surface area contributed by atoms with Crippen LogP contribution in [-0.4, -0.2) is 36.0 Å². The minimum absolute atomic E-state index is 0.0544. The average Bonchev–Trinajstić information content (AvgIpc) is 3.19. The van der Waals surface area contributed by atoms with Crippen molar-refractivity contribution < 1.29 is 4.79 Å². The van der Waals surface area contributed by atoms with E-state index < -0.39 is 0 Å². The zero-order chi connectivity index (χ0) is 11.0. The lowest BCUT2D eigenvalue weighted by Gasteiger charge is -2.25. The SMILES string of the molecule is O=C(NC(C1CC1)C1CC1)C1CSCCN1. The van der Waals surface area contributed by atoms with Crippen LogP contribution in [0.3, 0.4) is 0 Å². The van der Waals surface area contributed by atoms with Crippen LogP contribution in [0, 0.1) is 11.8 Å². The quantitative estimate of drug-likeness (QED) is 0.770. The van der Waals surface area contributed by atoms with Gasteiger partial charge in [0.05, 0.1) is 6.04 Å². The van der Waals surface area contributed by atoms with Crippen molar-refractivity contribution in [2.75, 3.05) is 18.1 Å². The number of nitrogens with one attached hydrogen (secondary N) is 2. The first-order chi connectivity index (χ1) is 7.84. The van der Waals surface area contributed by atoms with Crippen molar-refractivity contribution >= 4 is 17.7 Å². The smallest absolute Gasteiger partial charge is 0.238 e. The third-order valence-corrected chi connectivity index (χ3v) is 4.87. The lowest BCUT2D eigenvalue weighted by atomic mass is 10.1. The van der Waals surface area contributed by atoms with Crippen LogP contribution in [0.15, 0.2) is 0 Å². The Morgan fingerprint density at radius 3 is 2.44 bits per heavy atom.